The van der Waals surface area contributed by atoms with Gasteiger partial charge in [0.2, 0.25) is 5.91 Å². The molecule has 1 saturated carbocycles. The minimum Gasteiger partial charge on any atom is -0.360 e. The minimum atomic E-state index is -0.715. The Balaban J connectivity index is 1.66. The van der Waals surface area contributed by atoms with Gasteiger partial charge in [-0.25, -0.2) is 4.39 Å². The second-order valence-electron chi connectivity index (χ2n) is 6.40. The highest BCUT2D eigenvalue weighted by Gasteiger charge is 2.44. The average molecular weight is 315 g/mol. The monoisotopic (exact) mass is 315 g/mol. The lowest BCUT2D eigenvalue weighted by atomic mass is 9.76. The number of nitrogens with two attached hydrogens (primary N) is 1. The zero-order chi connectivity index (χ0) is 16.0. The van der Waals surface area contributed by atoms with Crippen LogP contribution in [0.2, 0.25) is 0 Å². The number of amides is 1. The molecule has 1 aliphatic carbocycles. The smallest absolute Gasteiger partial charge is 0.242 e. The first-order valence-electron chi connectivity index (χ1n) is 7.89. The van der Waals surface area contributed by atoms with Crippen LogP contribution in [-0.4, -0.2) is 28.0 Å². The second-order valence-corrected chi connectivity index (χ2v) is 6.40. The average Bonchev–Trinajstić information content (AvgIpc) is 2.95. The number of fused-ring (bicyclic) bond motifs is 1. The highest BCUT2D eigenvalue weighted by atomic mass is 19.1. The summed E-state index contributed by atoms with van der Waals surface area (Å²) in [5.74, 6) is 0.364. The van der Waals surface area contributed by atoms with Crippen LogP contribution < -0.4 is 5.73 Å². The maximum atomic E-state index is 14.0. The normalized spacial score (nSPS) is 19.1. The molecule has 1 aliphatic heterocycles. The molecule has 0 radical (unpaired) electrons. The van der Waals surface area contributed by atoms with Gasteiger partial charge in [-0.05, 0) is 31.4 Å². The lowest BCUT2D eigenvalue weighted by Gasteiger charge is -2.41. The van der Waals surface area contributed by atoms with E-state index in [1.165, 1.54) is 6.07 Å². The van der Waals surface area contributed by atoms with Crippen molar-refractivity contribution in [3.8, 4) is 11.3 Å². The van der Waals surface area contributed by atoms with Crippen molar-refractivity contribution in [2.24, 2.45) is 5.73 Å². The number of benzene rings is 1. The largest absolute Gasteiger partial charge is 0.360 e. The Morgan fingerprint density at radius 3 is 2.83 bits per heavy atom. The van der Waals surface area contributed by atoms with Crippen molar-refractivity contribution < 1.29 is 13.7 Å². The van der Waals surface area contributed by atoms with Crippen LogP contribution in [0, 0.1) is 5.82 Å². The predicted octanol–water partition coefficient (Wildman–Crippen LogP) is 2.25. The van der Waals surface area contributed by atoms with Gasteiger partial charge in [0.05, 0.1) is 12.1 Å². The number of hydrogen-bond donors (Lipinski definition) is 1. The van der Waals surface area contributed by atoms with Crippen LogP contribution in [0.5, 0.6) is 0 Å². The minimum absolute atomic E-state index is 0.0184. The van der Waals surface area contributed by atoms with Crippen LogP contribution in [0.25, 0.3) is 11.3 Å². The van der Waals surface area contributed by atoms with Crippen LogP contribution in [0.3, 0.4) is 0 Å². The first-order valence-corrected chi connectivity index (χ1v) is 7.89. The van der Waals surface area contributed by atoms with E-state index in [1.807, 2.05) is 0 Å². The third-order valence-electron chi connectivity index (χ3n) is 4.92. The van der Waals surface area contributed by atoms with E-state index in [9.17, 15) is 9.18 Å². The van der Waals surface area contributed by atoms with E-state index in [-0.39, 0.29) is 11.7 Å². The van der Waals surface area contributed by atoms with Gasteiger partial charge < -0.3 is 15.2 Å². The van der Waals surface area contributed by atoms with Crippen LogP contribution in [-0.2, 0) is 17.8 Å². The summed E-state index contributed by atoms with van der Waals surface area (Å²) in [5, 5.41) is 4.03. The van der Waals surface area contributed by atoms with Crippen molar-refractivity contribution in [2.75, 3.05) is 6.54 Å². The maximum absolute atomic E-state index is 14.0. The predicted molar refractivity (Wildman–Crippen MR) is 81.8 cm³/mol. The molecule has 2 heterocycles. The van der Waals surface area contributed by atoms with Crippen LogP contribution in [0.15, 0.2) is 28.8 Å². The Labute approximate surface area is 133 Å². The quantitative estimate of drug-likeness (QED) is 0.922. The number of nitrogens with zero attached hydrogens (tertiary/aromatic N) is 2. The first-order chi connectivity index (χ1) is 11.1. The van der Waals surface area contributed by atoms with Crippen molar-refractivity contribution in [3.05, 3.63) is 41.4 Å². The van der Waals surface area contributed by atoms with Crippen molar-refractivity contribution in [1.82, 2.24) is 10.1 Å². The molecule has 5 nitrogen and oxygen atoms in total. The van der Waals surface area contributed by atoms with Gasteiger partial charge >= 0.3 is 0 Å². The maximum Gasteiger partial charge on any atom is 0.242 e. The molecule has 0 bridgehead atoms. The van der Waals surface area contributed by atoms with Crippen molar-refractivity contribution >= 4 is 5.91 Å². The summed E-state index contributed by atoms with van der Waals surface area (Å²) in [4.78, 5) is 14.4. The fraction of sp³-hybridized carbons (Fsp3) is 0.412. The zero-order valence-electron chi connectivity index (χ0n) is 12.7. The molecule has 2 aromatic rings. The van der Waals surface area contributed by atoms with Gasteiger partial charge in [-0.2, -0.15) is 0 Å². The molecule has 4 rings (SSSR count). The highest BCUT2D eigenvalue weighted by molar-refractivity contribution is 5.87. The molecule has 0 atom stereocenters. The van der Waals surface area contributed by atoms with E-state index in [0.29, 0.717) is 30.8 Å². The van der Waals surface area contributed by atoms with E-state index in [1.54, 1.807) is 23.1 Å². The fourth-order valence-corrected chi connectivity index (χ4v) is 3.33. The summed E-state index contributed by atoms with van der Waals surface area (Å²) in [7, 11) is 0. The molecule has 23 heavy (non-hydrogen) atoms. The molecule has 0 unspecified atom stereocenters. The first kappa shape index (κ1) is 14.4. The van der Waals surface area contributed by atoms with Gasteiger partial charge in [-0.15, -0.1) is 0 Å². The molecule has 120 valence electrons. The van der Waals surface area contributed by atoms with Gasteiger partial charge in [0.1, 0.15) is 17.3 Å². The van der Waals surface area contributed by atoms with Gasteiger partial charge in [-0.3, -0.25) is 4.79 Å². The topological polar surface area (TPSA) is 72.4 Å². The Morgan fingerprint density at radius 1 is 1.35 bits per heavy atom. The van der Waals surface area contributed by atoms with Gasteiger partial charge in [0.25, 0.3) is 0 Å². The third kappa shape index (κ3) is 2.25. The van der Waals surface area contributed by atoms with E-state index in [4.69, 9.17) is 10.3 Å². The Hall–Kier alpha value is -2.21. The number of aromatic nitrogens is 1. The lowest BCUT2D eigenvalue weighted by molar-refractivity contribution is -0.141. The summed E-state index contributed by atoms with van der Waals surface area (Å²) in [5.41, 5.74) is 7.11. The molecule has 1 aromatic heterocycles. The fourth-order valence-electron chi connectivity index (χ4n) is 3.33. The molecule has 6 heteroatoms. The van der Waals surface area contributed by atoms with Crippen molar-refractivity contribution in [1.29, 1.82) is 0 Å². The number of rotatable bonds is 2. The molecule has 2 N–H and O–H groups in total. The summed E-state index contributed by atoms with van der Waals surface area (Å²) in [6.07, 6.45) is 3.05. The Bertz CT molecular complexity index is 767. The van der Waals surface area contributed by atoms with Gasteiger partial charge in [0.15, 0.2) is 0 Å². The van der Waals surface area contributed by atoms with Gasteiger partial charge in [-0.1, -0.05) is 17.3 Å². The summed E-state index contributed by atoms with van der Waals surface area (Å²) >= 11 is 0. The summed E-state index contributed by atoms with van der Waals surface area (Å²) < 4.78 is 19.4. The number of carbonyl (C=O) groups is 1. The molecule has 1 aromatic carbocycles. The van der Waals surface area contributed by atoms with E-state index >= 15 is 0 Å². The van der Waals surface area contributed by atoms with Crippen molar-refractivity contribution in [3.63, 3.8) is 0 Å². The molecule has 2 aliphatic rings. The zero-order valence-corrected chi connectivity index (χ0v) is 12.7. The van der Waals surface area contributed by atoms with E-state index in [2.05, 4.69) is 5.16 Å². The third-order valence-corrected chi connectivity index (χ3v) is 4.92. The van der Waals surface area contributed by atoms with E-state index < -0.39 is 5.54 Å². The standard InChI is InChI=1S/C17H18FN3O2/c18-13-5-2-1-4-11(13)15-12-10-21(9-6-14(12)23-20-15)16(22)17(19)7-3-8-17/h1-2,4-5H,3,6-10,19H2. The molecule has 1 fully saturated rings. The lowest BCUT2D eigenvalue weighted by Crippen LogP contribution is -2.60. The SMILES string of the molecule is NC1(C(=O)N2CCc3onc(-c4ccccc4F)c3C2)CCC1. The van der Waals surface area contributed by atoms with Gasteiger partial charge in [0, 0.05) is 24.1 Å². The Kier molecular flexibility index (Phi) is 3.23. The Morgan fingerprint density at radius 2 is 2.13 bits per heavy atom. The number of halogens is 1. The summed E-state index contributed by atoms with van der Waals surface area (Å²) in [6.45, 7) is 0.941. The van der Waals surface area contributed by atoms with Crippen molar-refractivity contribution in [2.45, 2.75) is 37.8 Å². The molecule has 1 amide bonds. The van der Waals surface area contributed by atoms with E-state index in [0.717, 1.165) is 30.6 Å². The molecular weight excluding hydrogens is 297 g/mol. The summed E-state index contributed by atoms with van der Waals surface area (Å²) in [6, 6.07) is 6.46. The number of carbonyl (C=O) groups excluding carboxylic acids is 1. The molecule has 0 saturated heterocycles. The van der Waals surface area contributed by atoms with Crippen LogP contribution in [0.1, 0.15) is 30.6 Å². The molecule has 0 spiro atoms. The van der Waals surface area contributed by atoms with Crippen LogP contribution >= 0.6 is 0 Å². The second kappa shape index (κ2) is 5.16. The van der Waals surface area contributed by atoms with Crippen LogP contribution in [0.4, 0.5) is 4.39 Å². The molecular formula is C17H18FN3O2. The highest BCUT2D eigenvalue weighted by Crippen LogP contribution is 2.35. The number of hydrogen-bond acceptors (Lipinski definition) is 4.